The van der Waals surface area contributed by atoms with E-state index in [9.17, 15) is 9.59 Å². The first-order valence-corrected chi connectivity index (χ1v) is 5.15. The molecular weight excluding hydrogens is 240 g/mol. The van der Waals surface area contributed by atoms with Gasteiger partial charge >= 0.3 is 0 Å². The van der Waals surface area contributed by atoms with Gasteiger partial charge in [0.1, 0.15) is 0 Å². The van der Waals surface area contributed by atoms with Crippen LogP contribution < -0.4 is 11.5 Å². The molecule has 94 valence electrons. The van der Waals surface area contributed by atoms with Crippen molar-refractivity contribution in [1.82, 2.24) is 0 Å². The van der Waals surface area contributed by atoms with Crippen molar-refractivity contribution < 1.29 is 9.59 Å². The van der Waals surface area contributed by atoms with E-state index in [0.29, 0.717) is 0 Å². The molecule has 0 heterocycles. The fourth-order valence-corrected chi connectivity index (χ4v) is 1.59. The van der Waals surface area contributed by atoms with Crippen LogP contribution in [0.4, 0.5) is 0 Å². The zero-order chi connectivity index (χ0) is 12.1. The molecule has 0 fully saturated rings. The van der Waals surface area contributed by atoms with Gasteiger partial charge in [-0.15, -0.1) is 12.4 Å². The third kappa shape index (κ3) is 4.54. The number of halogens is 1. The first-order chi connectivity index (χ1) is 7.52. The SMILES string of the molecule is C[C@@H](N)C(=O)C(CC(N)=O)c1ccccc1.Cl. The number of ketones is 1. The molecule has 1 aromatic rings. The molecule has 0 bridgehead atoms. The molecule has 0 spiro atoms. The van der Waals surface area contributed by atoms with Gasteiger partial charge in [0.15, 0.2) is 5.78 Å². The highest BCUT2D eigenvalue weighted by atomic mass is 35.5. The summed E-state index contributed by atoms with van der Waals surface area (Å²) in [5.74, 6) is -1.19. The maximum Gasteiger partial charge on any atom is 0.218 e. The molecule has 0 saturated heterocycles. The topological polar surface area (TPSA) is 86.2 Å². The molecule has 0 aliphatic carbocycles. The van der Waals surface area contributed by atoms with E-state index in [1.807, 2.05) is 18.2 Å². The van der Waals surface area contributed by atoms with Crippen LogP contribution in [0.25, 0.3) is 0 Å². The lowest BCUT2D eigenvalue weighted by molar-refractivity contribution is -0.125. The van der Waals surface area contributed by atoms with Gasteiger partial charge in [0.05, 0.1) is 12.0 Å². The summed E-state index contributed by atoms with van der Waals surface area (Å²) < 4.78 is 0. The van der Waals surface area contributed by atoms with Gasteiger partial charge in [-0.05, 0) is 12.5 Å². The maximum absolute atomic E-state index is 11.8. The number of nitrogens with two attached hydrogens (primary N) is 2. The fourth-order valence-electron chi connectivity index (χ4n) is 1.59. The minimum Gasteiger partial charge on any atom is -0.370 e. The number of primary amides is 1. The number of amides is 1. The van der Waals surface area contributed by atoms with Crippen molar-refractivity contribution in [3.63, 3.8) is 0 Å². The van der Waals surface area contributed by atoms with Crippen molar-refractivity contribution in [2.24, 2.45) is 11.5 Å². The van der Waals surface area contributed by atoms with Gasteiger partial charge in [0.2, 0.25) is 5.91 Å². The van der Waals surface area contributed by atoms with Crippen LogP contribution in [0.3, 0.4) is 0 Å². The van der Waals surface area contributed by atoms with E-state index >= 15 is 0 Å². The molecule has 1 amide bonds. The molecule has 2 atom stereocenters. The Morgan fingerprint density at radius 1 is 1.24 bits per heavy atom. The average Bonchev–Trinajstić information content (AvgIpc) is 2.26. The van der Waals surface area contributed by atoms with Crippen LogP contribution >= 0.6 is 12.4 Å². The summed E-state index contributed by atoms with van der Waals surface area (Å²) in [5, 5.41) is 0. The summed E-state index contributed by atoms with van der Waals surface area (Å²) in [7, 11) is 0. The first kappa shape index (κ1) is 15.6. The van der Waals surface area contributed by atoms with Crippen LogP contribution in [0.15, 0.2) is 30.3 Å². The van der Waals surface area contributed by atoms with E-state index in [1.54, 1.807) is 19.1 Å². The summed E-state index contributed by atoms with van der Waals surface area (Å²) in [6, 6.07) is 8.49. The average molecular weight is 257 g/mol. The Hall–Kier alpha value is -1.39. The Labute approximate surface area is 107 Å². The number of Topliss-reactive ketones (excluding diaryl/α,β-unsaturated/α-hetero) is 1. The van der Waals surface area contributed by atoms with Crippen molar-refractivity contribution in [1.29, 1.82) is 0 Å². The number of hydrogen-bond donors (Lipinski definition) is 2. The van der Waals surface area contributed by atoms with Crippen molar-refractivity contribution >= 4 is 24.1 Å². The number of hydrogen-bond acceptors (Lipinski definition) is 3. The summed E-state index contributed by atoms with van der Waals surface area (Å²) in [4.78, 5) is 22.8. The van der Waals surface area contributed by atoms with Crippen LogP contribution in [0.1, 0.15) is 24.8 Å². The molecule has 0 radical (unpaired) electrons. The van der Waals surface area contributed by atoms with Crippen molar-refractivity contribution in [3.8, 4) is 0 Å². The zero-order valence-electron chi connectivity index (χ0n) is 9.63. The Kier molecular flexibility index (Phi) is 6.46. The Balaban J connectivity index is 0.00000256. The zero-order valence-corrected chi connectivity index (χ0v) is 10.4. The largest absolute Gasteiger partial charge is 0.370 e. The van der Waals surface area contributed by atoms with Crippen molar-refractivity contribution in [2.45, 2.75) is 25.3 Å². The second kappa shape index (κ2) is 7.04. The lowest BCUT2D eigenvalue weighted by Crippen LogP contribution is -2.33. The monoisotopic (exact) mass is 256 g/mol. The van der Waals surface area contributed by atoms with E-state index in [0.717, 1.165) is 5.56 Å². The maximum atomic E-state index is 11.8. The van der Waals surface area contributed by atoms with Crippen molar-refractivity contribution in [2.75, 3.05) is 0 Å². The molecule has 5 heteroatoms. The standard InChI is InChI=1S/C12H16N2O2.ClH/c1-8(13)12(16)10(7-11(14)15)9-5-3-2-4-6-9;/h2-6,8,10H,7,13H2,1H3,(H2,14,15);1H/t8-,10?;/m1./s1. The van der Waals surface area contributed by atoms with E-state index in [1.165, 1.54) is 0 Å². The molecule has 0 aromatic heterocycles. The van der Waals surface area contributed by atoms with Gasteiger partial charge in [0.25, 0.3) is 0 Å². The molecule has 1 aromatic carbocycles. The highest BCUT2D eigenvalue weighted by Gasteiger charge is 2.24. The van der Waals surface area contributed by atoms with Gasteiger partial charge in [-0.25, -0.2) is 0 Å². The normalized spacial score (nSPS) is 13.3. The molecule has 4 nitrogen and oxygen atoms in total. The van der Waals surface area contributed by atoms with Crippen LogP contribution in [-0.4, -0.2) is 17.7 Å². The minimum atomic E-state index is -0.593. The van der Waals surface area contributed by atoms with Gasteiger partial charge in [-0.3, -0.25) is 9.59 Å². The third-order valence-corrected chi connectivity index (χ3v) is 2.40. The quantitative estimate of drug-likeness (QED) is 0.824. The third-order valence-electron chi connectivity index (χ3n) is 2.40. The van der Waals surface area contributed by atoms with Crippen LogP contribution in [-0.2, 0) is 9.59 Å². The highest BCUT2D eigenvalue weighted by Crippen LogP contribution is 2.21. The molecule has 1 unspecified atom stereocenters. The van der Waals surface area contributed by atoms with Crippen LogP contribution in [0.5, 0.6) is 0 Å². The fraction of sp³-hybridized carbons (Fsp3) is 0.333. The first-order valence-electron chi connectivity index (χ1n) is 5.15. The summed E-state index contributed by atoms with van der Waals surface area (Å²) in [6.07, 6.45) is 0.00435. The van der Waals surface area contributed by atoms with Gasteiger partial charge in [-0.2, -0.15) is 0 Å². The lowest BCUT2D eigenvalue weighted by atomic mass is 9.88. The second-order valence-electron chi connectivity index (χ2n) is 3.82. The lowest BCUT2D eigenvalue weighted by Gasteiger charge is -2.16. The van der Waals surface area contributed by atoms with E-state index in [2.05, 4.69) is 0 Å². The Bertz CT molecular complexity index is 379. The molecule has 0 saturated carbocycles. The van der Waals surface area contributed by atoms with Crippen LogP contribution in [0.2, 0.25) is 0 Å². The molecular formula is C12H17ClN2O2. The van der Waals surface area contributed by atoms with E-state index in [-0.39, 0.29) is 24.6 Å². The highest BCUT2D eigenvalue weighted by molar-refractivity contribution is 5.93. The van der Waals surface area contributed by atoms with Gasteiger partial charge < -0.3 is 11.5 Å². The number of benzene rings is 1. The van der Waals surface area contributed by atoms with Gasteiger partial charge in [0, 0.05) is 6.42 Å². The van der Waals surface area contributed by atoms with E-state index < -0.39 is 17.9 Å². The smallest absolute Gasteiger partial charge is 0.218 e. The van der Waals surface area contributed by atoms with E-state index in [4.69, 9.17) is 11.5 Å². The number of carbonyl (C=O) groups is 2. The predicted molar refractivity (Wildman–Crippen MR) is 68.9 cm³/mol. The molecule has 1 rings (SSSR count). The Morgan fingerprint density at radius 2 is 1.76 bits per heavy atom. The molecule has 4 N–H and O–H groups in total. The predicted octanol–water partition coefficient (Wildman–Crippen LogP) is 0.984. The second-order valence-corrected chi connectivity index (χ2v) is 3.82. The summed E-state index contributed by atoms with van der Waals surface area (Å²) in [5.41, 5.74) is 11.5. The van der Waals surface area contributed by atoms with Crippen LogP contribution in [0, 0.1) is 0 Å². The Morgan fingerprint density at radius 3 is 2.18 bits per heavy atom. The molecule has 17 heavy (non-hydrogen) atoms. The summed E-state index contributed by atoms with van der Waals surface area (Å²) in [6.45, 7) is 1.61. The summed E-state index contributed by atoms with van der Waals surface area (Å²) >= 11 is 0. The minimum absolute atomic E-state index is 0. The number of carbonyl (C=O) groups excluding carboxylic acids is 2. The van der Waals surface area contributed by atoms with Gasteiger partial charge in [-0.1, -0.05) is 30.3 Å². The van der Waals surface area contributed by atoms with Crippen molar-refractivity contribution in [3.05, 3.63) is 35.9 Å². The molecule has 0 aliphatic heterocycles. The molecule has 0 aliphatic rings. The number of rotatable bonds is 5.